The van der Waals surface area contributed by atoms with Crippen molar-refractivity contribution < 1.29 is 29.0 Å². The summed E-state index contributed by atoms with van der Waals surface area (Å²) in [7, 11) is 0. The topological polar surface area (TPSA) is 104 Å². The van der Waals surface area contributed by atoms with Crippen LogP contribution in [0, 0.1) is 0 Å². The number of carboxylic acids is 1. The van der Waals surface area contributed by atoms with Crippen molar-refractivity contribution in [2.24, 2.45) is 0 Å². The molecular formula is C26H28N2O6. The maximum Gasteiger partial charge on any atom is 0.328 e. The van der Waals surface area contributed by atoms with Crippen molar-refractivity contribution >= 4 is 29.4 Å². The Bertz CT molecular complexity index is 1050. The van der Waals surface area contributed by atoms with Gasteiger partial charge in [-0.25, -0.2) is 9.69 Å². The number of imide groups is 1. The molecule has 2 aromatic carbocycles. The third-order valence-electron chi connectivity index (χ3n) is 5.50. The van der Waals surface area contributed by atoms with Gasteiger partial charge in [0.15, 0.2) is 0 Å². The number of carboxylic acid groups (broad SMARTS) is 1. The van der Waals surface area contributed by atoms with Crippen molar-refractivity contribution in [1.29, 1.82) is 0 Å². The van der Waals surface area contributed by atoms with E-state index in [1.807, 2.05) is 30.3 Å². The van der Waals surface area contributed by atoms with Gasteiger partial charge in [-0.15, -0.1) is 0 Å². The number of amides is 3. The van der Waals surface area contributed by atoms with E-state index in [1.165, 1.54) is 4.90 Å². The highest BCUT2D eigenvalue weighted by atomic mass is 16.5. The summed E-state index contributed by atoms with van der Waals surface area (Å²) in [5.74, 6) is -2.20. The van der Waals surface area contributed by atoms with E-state index in [1.54, 1.807) is 24.3 Å². The van der Waals surface area contributed by atoms with Crippen molar-refractivity contribution in [2.75, 3.05) is 18.1 Å². The van der Waals surface area contributed by atoms with E-state index in [2.05, 4.69) is 6.92 Å². The van der Waals surface area contributed by atoms with Gasteiger partial charge in [0, 0.05) is 18.7 Å². The molecule has 8 nitrogen and oxygen atoms in total. The van der Waals surface area contributed by atoms with Crippen LogP contribution in [-0.4, -0.2) is 52.9 Å². The lowest BCUT2D eigenvalue weighted by Gasteiger charge is -2.26. The van der Waals surface area contributed by atoms with Crippen LogP contribution in [0.15, 0.2) is 66.7 Å². The molecule has 1 aliphatic heterocycles. The first-order valence-corrected chi connectivity index (χ1v) is 11.3. The SMILES string of the molecule is CCCCOc1ccc(N2C(=O)C[C@H](N(CCc3ccccc3)C(=O)/C=C\C(=O)O)C2=O)cc1. The van der Waals surface area contributed by atoms with E-state index in [-0.39, 0.29) is 13.0 Å². The molecule has 0 saturated carbocycles. The number of carbonyl (C=O) groups is 4. The third kappa shape index (κ3) is 6.31. The Labute approximate surface area is 198 Å². The molecule has 0 radical (unpaired) electrons. The molecule has 1 atom stereocenters. The average molecular weight is 465 g/mol. The minimum Gasteiger partial charge on any atom is -0.494 e. The van der Waals surface area contributed by atoms with E-state index in [0.717, 1.165) is 35.5 Å². The average Bonchev–Trinajstić information content (AvgIpc) is 3.12. The number of nitrogens with zero attached hydrogens (tertiary/aromatic N) is 2. The van der Waals surface area contributed by atoms with Crippen LogP contribution in [0.25, 0.3) is 0 Å². The van der Waals surface area contributed by atoms with Gasteiger partial charge in [0.25, 0.3) is 5.91 Å². The third-order valence-corrected chi connectivity index (χ3v) is 5.50. The number of benzene rings is 2. The summed E-state index contributed by atoms with van der Waals surface area (Å²) in [6.45, 7) is 2.81. The molecule has 1 aliphatic rings. The zero-order chi connectivity index (χ0) is 24.5. The molecule has 1 N–H and O–H groups in total. The van der Waals surface area contributed by atoms with Gasteiger partial charge < -0.3 is 14.7 Å². The molecule has 2 aromatic rings. The number of hydrogen-bond acceptors (Lipinski definition) is 5. The Hall–Kier alpha value is -3.94. The number of ether oxygens (including phenoxy) is 1. The zero-order valence-corrected chi connectivity index (χ0v) is 19.1. The number of aliphatic carboxylic acids is 1. The Morgan fingerprint density at radius 3 is 2.44 bits per heavy atom. The minimum atomic E-state index is -1.27. The second-order valence-electron chi connectivity index (χ2n) is 7.92. The summed E-state index contributed by atoms with van der Waals surface area (Å²) in [4.78, 5) is 52.1. The summed E-state index contributed by atoms with van der Waals surface area (Å²) < 4.78 is 5.63. The molecule has 34 heavy (non-hydrogen) atoms. The molecule has 8 heteroatoms. The van der Waals surface area contributed by atoms with Gasteiger partial charge >= 0.3 is 5.97 Å². The lowest BCUT2D eigenvalue weighted by Crippen LogP contribution is -2.45. The van der Waals surface area contributed by atoms with E-state index in [0.29, 0.717) is 24.5 Å². The Kier molecular flexibility index (Phi) is 8.56. The molecular weight excluding hydrogens is 436 g/mol. The number of hydrogen-bond donors (Lipinski definition) is 1. The fourth-order valence-electron chi connectivity index (χ4n) is 3.71. The summed E-state index contributed by atoms with van der Waals surface area (Å²) in [6.07, 6.45) is 3.86. The fourth-order valence-corrected chi connectivity index (χ4v) is 3.71. The Balaban J connectivity index is 1.78. The lowest BCUT2D eigenvalue weighted by molar-refractivity contribution is -0.135. The predicted octanol–water partition coefficient (Wildman–Crippen LogP) is 3.21. The summed E-state index contributed by atoms with van der Waals surface area (Å²) in [5, 5.41) is 8.90. The molecule has 0 aliphatic carbocycles. The van der Waals surface area contributed by atoms with Crippen LogP contribution in [0.5, 0.6) is 5.75 Å². The second kappa shape index (κ2) is 11.8. The van der Waals surface area contributed by atoms with Crippen LogP contribution >= 0.6 is 0 Å². The highest BCUT2D eigenvalue weighted by Crippen LogP contribution is 2.28. The van der Waals surface area contributed by atoms with Crippen molar-refractivity contribution in [3.8, 4) is 5.75 Å². The molecule has 0 aromatic heterocycles. The summed E-state index contributed by atoms with van der Waals surface area (Å²) in [5.41, 5.74) is 1.35. The quantitative estimate of drug-likeness (QED) is 0.311. The second-order valence-corrected chi connectivity index (χ2v) is 7.92. The predicted molar refractivity (Wildman–Crippen MR) is 126 cm³/mol. The minimum absolute atomic E-state index is 0.161. The normalized spacial score (nSPS) is 15.7. The molecule has 1 heterocycles. The van der Waals surface area contributed by atoms with Crippen molar-refractivity contribution in [3.05, 3.63) is 72.3 Å². The molecule has 1 saturated heterocycles. The maximum absolute atomic E-state index is 13.2. The standard InChI is InChI=1S/C26H28N2O6/c1-2-3-17-34-21-11-9-20(10-12-21)28-24(30)18-22(26(28)33)27(23(29)13-14-25(31)32)16-15-19-7-5-4-6-8-19/h4-14,22H,2-3,15-18H2,1H3,(H,31,32)/b14-13-/t22-/m0/s1. The van der Waals surface area contributed by atoms with Crippen LogP contribution < -0.4 is 9.64 Å². The van der Waals surface area contributed by atoms with Gasteiger partial charge in [-0.05, 0) is 42.7 Å². The molecule has 0 spiro atoms. The van der Waals surface area contributed by atoms with Gasteiger partial charge in [0.05, 0.1) is 18.7 Å². The van der Waals surface area contributed by atoms with Gasteiger partial charge in [0.1, 0.15) is 11.8 Å². The summed E-state index contributed by atoms with van der Waals surface area (Å²) in [6, 6.07) is 15.1. The van der Waals surface area contributed by atoms with Crippen molar-refractivity contribution in [1.82, 2.24) is 4.90 Å². The molecule has 1 fully saturated rings. The van der Waals surface area contributed by atoms with E-state index >= 15 is 0 Å². The highest BCUT2D eigenvalue weighted by Gasteiger charge is 2.43. The van der Waals surface area contributed by atoms with Crippen molar-refractivity contribution in [3.63, 3.8) is 0 Å². The van der Waals surface area contributed by atoms with Gasteiger partial charge in [0.2, 0.25) is 11.8 Å². The smallest absolute Gasteiger partial charge is 0.328 e. The van der Waals surface area contributed by atoms with Gasteiger partial charge in [-0.3, -0.25) is 14.4 Å². The van der Waals surface area contributed by atoms with Crippen LogP contribution in [0.3, 0.4) is 0 Å². The van der Waals surface area contributed by atoms with E-state index < -0.39 is 29.7 Å². The molecule has 178 valence electrons. The van der Waals surface area contributed by atoms with Gasteiger partial charge in [-0.2, -0.15) is 0 Å². The first-order valence-electron chi connectivity index (χ1n) is 11.3. The Morgan fingerprint density at radius 1 is 1.09 bits per heavy atom. The number of anilines is 1. The molecule has 3 amide bonds. The first-order chi connectivity index (χ1) is 16.4. The van der Waals surface area contributed by atoms with Crippen LogP contribution in [-0.2, 0) is 25.6 Å². The summed E-state index contributed by atoms with van der Waals surface area (Å²) >= 11 is 0. The van der Waals surface area contributed by atoms with Crippen LogP contribution in [0.1, 0.15) is 31.7 Å². The first kappa shape index (κ1) is 24.7. The number of carbonyl (C=O) groups excluding carboxylic acids is 3. The lowest BCUT2D eigenvalue weighted by atomic mass is 10.1. The van der Waals surface area contributed by atoms with E-state index in [9.17, 15) is 19.2 Å². The van der Waals surface area contributed by atoms with Crippen LogP contribution in [0.4, 0.5) is 5.69 Å². The highest BCUT2D eigenvalue weighted by molar-refractivity contribution is 6.23. The maximum atomic E-state index is 13.2. The monoisotopic (exact) mass is 464 g/mol. The molecule has 0 bridgehead atoms. The van der Waals surface area contributed by atoms with Gasteiger partial charge in [-0.1, -0.05) is 43.7 Å². The number of rotatable bonds is 11. The zero-order valence-electron chi connectivity index (χ0n) is 19.1. The van der Waals surface area contributed by atoms with Crippen molar-refractivity contribution in [2.45, 2.75) is 38.6 Å². The molecule has 0 unspecified atom stereocenters. The number of unbranched alkanes of at least 4 members (excludes halogenated alkanes) is 1. The Morgan fingerprint density at radius 2 is 1.79 bits per heavy atom. The largest absolute Gasteiger partial charge is 0.494 e. The fraction of sp³-hybridized carbons (Fsp3) is 0.308. The van der Waals surface area contributed by atoms with E-state index in [4.69, 9.17) is 9.84 Å². The molecule has 3 rings (SSSR count). The van der Waals surface area contributed by atoms with Crippen LogP contribution in [0.2, 0.25) is 0 Å².